The molecular weight excluding hydrogens is 191 g/mol. The molecule has 4 heteroatoms. The molecule has 0 aliphatic heterocycles. The average Bonchev–Trinajstić information content (AvgIpc) is 1.80. The van der Waals surface area contributed by atoms with Crippen molar-refractivity contribution in [3.63, 3.8) is 0 Å². The van der Waals surface area contributed by atoms with Gasteiger partial charge in [0.05, 0.1) is 5.25 Å². The summed E-state index contributed by atoms with van der Waals surface area (Å²) in [7, 11) is -4.33. The quantitative estimate of drug-likeness (QED) is 0.620. The Kier molecular flexibility index (Phi) is 2.72. The first-order chi connectivity index (χ1) is 5.72. The molecule has 0 radical (unpaired) electrons. The highest BCUT2D eigenvalue weighted by Gasteiger charge is 2.39. The Labute approximate surface area is 79.7 Å². The molecule has 0 heterocycles. The molecule has 2 nitrogen and oxygen atoms in total. The molecule has 0 saturated heterocycles. The van der Waals surface area contributed by atoms with Gasteiger partial charge in [0.2, 0.25) is 0 Å². The maximum Gasteiger partial charge on any atom is 0.305 e. The van der Waals surface area contributed by atoms with Crippen LogP contribution in [0.3, 0.4) is 0 Å². The van der Waals surface area contributed by atoms with E-state index in [2.05, 4.69) is 13.8 Å². The summed E-state index contributed by atoms with van der Waals surface area (Å²) >= 11 is 0. The van der Waals surface area contributed by atoms with Crippen LogP contribution < -0.4 is 0 Å². The maximum atomic E-state index is 12.7. The third kappa shape index (κ3) is 2.66. The van der Waals surface area contributed by atoms with E-state index in [4.69, 9.17) is 0 Å². The Balaban J connectivity index is 2.76. The molecule has 0 spiro atoms. The van der Waals surface area contributed by atoms with Crippen LogP contribution in [0.25, 0.3) is 0 Å². The topological polar surface area (TPSA) is 34.1 Å². The second-order valence-electron chi connectivity index (χ2n) is 4.90. The van der Waals surface area contributed by atoms with Crippen LogP contribution >= 0.6 is 0 Å². The molecule has 1 aliphatic rings. The number of hydrogen-bond acceptors (Lipinski definition) is 2. The highest BCUT2D eigenvalue weighted by Crippen LogP contribution is 2.41. The van der Waals surface area contributed by atoms with Gasteiger partial charge in [-0.15, -0.1) is 3.89 Å². The zero-order valence-corrected chi connectivity index (χ0v) is 9.20. The minimum absolute atomic E-state index is 0.0567. The average molecular weight is 208 g/mol. The Bertz CT molecular complexity index is 282. The normalized spacial score (nSPS) is 34.5. The molecule has 0 bridgehead atoms. The molecule has 78 valence electrons. The molecular formula is C9H17FO2S. The van der Waals surface area contributed by atoms with E-state index in [0.717, 1.165) is 12.8 Å². The number of rotatable bonds is 1. The van der Waals surface area contributed by atoms with Gasteiger partial charge in [-0.1, -0.05) is 20.8 Å². The van der Waals surface area contributed by atoms with Crippen LogP contribution in [0.2, 0.25) is 0 Å². The van der Waals surface area contributed by atoms with Gasteiger partial charge in [0.15, 0.2) is 0 Å². The van der Waals surface area contributed by atoms with Gasteiger partial charge in [0.25, 0.3) is 0 Å². The van der Waals surface area contributed by atoms with Crippen LogP contribution in [-0.4, -0.2) is 13.7 Å². The molecule has 1 saturated carbocycles. The van der Waals surface area contributed by atoms with Gasteiger partial charge in [-0.2, -0.15) is 8.42 Å². The lowest BCUT2D eigenvalue weighted by molar-refractivity contribution is 0.191. The van der Waals surface area contributed by atoms with Crippen molar-refractivity contribution >= 4 is 10.2 Å². The molecule has 1 rings (SSSR count). The molecule has 13 heavy (non-hydrogen) atoms. The van der Waals surface area contributed by atoms with E-state index in [-0.39, 0.29) is 11.3 Å². The minimum Gasteiger partial charge on any atom is -0.195 e. The molecule has 1 fully saturated rings. The van der Waals surface area contributed by atoms with Crippen molar-refractivity contribution in [3.05, 3.63) is 0 Å². The van der Waals surface area contributed by atoms with Gasteiger partial charge in [-0.3, -0.25) is 0 Å². The van der Waals surface area contributed by atoms with Crippen molar-refractivity contribution < 1.29 is 12.3 Å². The van der Waals surface area contributed by atoms with Gasteiger partial charge in [0, 0.05) is 0 Å². The summed E-state index contributed by atoms with van der Waals surface area (Å²) in [6, 6.07) is 0. The third-order valence-corrected chi connectivity index (χ3v) is 4.40. The van der Waals surface area contributed by atoms with Crippen molar-refractivity contribution in [1.82, 2.24) is 0 Å². The fourth-order valence-electron chi connectivity index (χ4n) is 2.34. The first kappa shape index (κ1) is 11.0. The smallest absolute Gasteiger partial charge is 0.195 e. The zero-order chi connectivity index (χ0) is 10.3. The van der Waals surface area contributed by atoms with E-state index < -0.39 is 15.5 Å². The fourth-order valence-corrected chi connectivity index (χ4v) is 3.39. The Morgan fingerprint density at radius 1 is 1.38 bits per heavy atom. The van der Waals surface area contributed by atoms with E-state index in [1.807, 2.05) is 6.92 Å². The van der Waals surface area contributed by atoms with E-state index in [1.165, 1.54) is 0 Å². The van der Waals surface area contributed by atoms with Crippen molar-refractivity contribution in [2.45, 2.75) is 45.3 Å². The number of hydrogen-bond donors (Lipinski definition) is 0. The lowest BCUT2D eigenvalue weighted by atomic mass is 9.73. The molecule has 0 aromatic rings. The Morgan fingerprint density at radius 3 is 2.31 bits per heavy atom. The van der Waals surface area contributed by atoms with Crippen molar-refractivity contribution in [3.8, 4) is 0 Å². The SMILES string of the molecule is CC1CC(C)(C)CCC1S(=O)(=O)F. The van der Waals surface area contributed by atoms with Crippen LogP contribution in [-0.2, 0) is 10.2 Å². The fraction of sp³-hybridized carbons (Fsp3) is 1.00. The van der Waals surface area contributed by atoms with Crippen LogP contribution in [0.1, 0.15) is 40.0 Å². The van der Waals surface area contributed by atoms with Crippen molar-refractivity contribution in [2.24, 2.45) is 11.3 Å². The molecule has 2 unspecified atom stereocenters. The van der Waals surface area contributed by atoms with Crippen LogP contribution in [0.5, 0.6) is 0 Å². The number of halogens is 1. The zero-order valence-electron chi connectivity index (χ0n) is 8.38. The second kappa shape index (κ2) is 3.23. The summed E-state index contributed by atoms with van der Waals surface area (Å²) in [5, 5.41) is -0.763. The van der Waals surface area contributed by atoms with E-state index in [0.29, 0.717) is 6.42 Å². The highest BCUT2D eigenvalue weighted by atomic mass is 32.3. The predicted molar refractivity (Wildman–Crippen MR) is 50.6 cm³/mol. The molecule has 0 N–H and O–H groups in total. The molecule has 0 aromatic heterocycles. The van der Waals surface area contributed by atoms with E-state index in [1.54, 1.807) is 0 Å². The molecule has 1 aliphatic carbocycles. The lowest BCUT2D eigenvalue weighted by Crippen LogP contribution is -2.35. The van der Waals surface area contributed by atoms with Gasteiger partial charge < -0.3 is 0 Å². The summed E-state index contributed by atoms with van der Waals surface area (Å²) in [4.78, 5) is 0. The third-order valence-electron chi connectivity index (χ3n) is 2.98. The molecule has 0 amide bonds. The maximum absolute atomic E-state index is 12.7. The summed E-state index contributed by atoms with van der Waals surface area (Å²) in [6.45, 7) is 6.03. The molecule has 0 aromatic carbocycles. The van der Waals surface area contributed by atoms with Gasteiger partial charge in [0.1, 0.15) is 0 Å². The van der Waals surface area contributed by atoms with Crippen LogP contribution in [0.15, 0.2) is 0 Å². The molecule has 2 atom stereocenters. The second-order valence-corrected chi connectivity index (χ2v) is 6.45. The standard InChI is InChI=1S/C9H17FO2S/c1-7-6-9(2,3)5-4-8(7)13(10,11)12/h7-8H,4-6H2,1-3H3. The monoisotopic (exact) mass is 208 g/mol. The highest BCUT2D eigenvalue weighted by molar-refractivity contribution is 7.87. The largest absolute Gasteiger partial charge is 0.305 e. The Morgan fingerprint density at radius 2 is 1.92 bits per heavy atom. The Hall–Kier alpha value is -0.120. The summed E-state index contributed by atoms with van der Waals surface area (Å²) in [5.41, 5.74) is 0.167. The van der Waals surface area contributed by atoms with Crippen LogP contribution in [0, 0.1) is 11.3 Å². The van der Waals surface area contributed by atoms with E-state index in [9.17, 15) is 12.3 Å². The van der Waals surface area contributed by atoms with Gasteiger partial charge in [-0.25, -0.2) is 0 Å². The first-order valence-corrected chi connectivity index (χ1v) is 6.10. The summed E-state index contributed by atoms with van der Waals surface area (Å²) < 4.78 is 34.2. The summed E-state index contributed by atoms with van der Waals surface area (Å²) in [6.07, 6.45) is 2.05. The lowest BCUT2D eigenvalue weighted by Gasteiger charge is -2.37. The van der Waals surface area contributed by atoms with Crippen LogP contribution in [0.4, 0.5) is 3.89 Å². The summed E-state index contributed by atoms with van der Waals surface area (Å²) in [5.74, 6) is -0.0567. The van der Waals surface area contributed by atoms with Gasteiger partial charge >= 0.3 is 10.2 Å². The predicted octanol–water partition coefficient (Wildman–Crippen LogP) is 2.50. The van der Waals surface area contributed by atoms with Gasteiger partial charge in [-0.05, 0) is 30.6 Å². The van der Waals surface area contributed by atoms with Crippen molar-refractivity contribution in [1.29, 1.82) is 0 Å². The van der Waals surface area contributed by atoms with E-state index >= 15 is 0 Å². The van der Waals surface area contributed by atoms with Crippen molar-refractivity contribution in [2.75, 3.05) is 0 Å². The minimum atomic E-state index is -4.33. The first-order valence-electron chi connectivity index (χ1n) is 4.66.